The summed E-state index contributed by atoms with van der Waals surface area (Å²) in [5.41, 5.74) is 0.919. The topological polar surface area (TPSA) is 65.0 Å². The van der Waals surface area contributed by atoms with Gasteiger partial charge in [0.15, 0.2) is 34.6 Å². The summed E-state index contributed by atoms with van der Waals surface area (Å²) in [6.07, 6.45) is 0. The largest absolute Gasteiger partial charge is 0.504 e. The number of halogens is 3. The lowest BCUT2D eigenvalue weighted by Crippen LogP contribution is -2.11. The Bertz CT molecular complexity index is 1690. The summed E-state index contributed by atoms with van der Waals surface area (Å²) >= 11 is 6.25. The van der Waals surface area contributed by atoms with Crippen LogP contribution in [0.5, 0.6) is 34.5 Å². The van der Waals surface area contributed by atoms with E-state index in [0.29, 0.717) is 5.56 Å². The lowest BCUT2D eigenvalue weighted by molar-refractivity contribution is 0.0731. The molecule has 5 aromatic carbocycles. The summed E-state index contributed by atoms with van der Waals surface area (Å²) < 4.78 is 46.7. The van der Waals surface area contributed by atoms with Gasteiger partial charge in [-0.2, -0.15) is 0 Å². The molecule has 0 heterocycles. The Balaban J connectivity index is 1.78. The first kappa shape index (κ1) is 25.0. The molecule has 0 aliphatic rings. The SMILES string of the molecule is Cc1ccccc1C(=O)Oc1c(Oc2ccccc2F)c(Oc2ccccc2F)c(O)c2ccc(Cl)cc12. The Labute approximate surface area is 221 Å². The van der Waals surface area contributed by atoms with Crippen molar-refractivity contribution in [3.8, 4) is 34.5 Å². The van der Waals surface area contributed by atoms with E-state index >= 15 is 0 Å². The van der Waals surface area contributed by atoms with Gasteiger partial charge in [0.05, 0.1) is 5.56 Å². The number of carbonyl (C=O) groups is 1. The second kappa shape index (κ2) is 10.4. The monoisotopic (exact) mass is 532 g/mol. The molecule has 38 heavy (non-hydrogen) atoms. The van der Waals surface area contributed by atoms with Crippen LogP contribution in [0.1, 0.15) is 15.9 Å². The summed E-state index contributed by atoms with van der Waals surface area (Å²) in [5.74, 6) is -4.10. The molecule has 0 spiro atoms. The highest BCUT2D eigenvalue weighted by atomic mass is 35.5. The van der Waals surface area contributed by atoms with Gasteiger partial charge in [-0.25, -0.2) is 13.6 Å². The summed E-state index contributed by atoms with van der Waals surface area (Å²) in [5, 5.41) is 11.9. The van der Waals surface area contributed by atoms with Gasteiger partial charge in [0.25, 0.3) is 0 Å². The first-order chi connectivity index (χ1) is 18.3. The van der Waals surface area contributed by atoms with Gasteiger partial charge in [-0.1, -0.05) is 54.1 Å². The zero-order valence-corrected chi connectivity index (χ0v) is 20.6. The number of phenols is 1. The molecule has 190 valence electrons. The normalized spacial score (nSPS) is 10.8. The van der Waals surface area contributed by atoms with Gasteiger partial charge < -0.3 is 19.3 Å². The van der Waals surface area contributed by atoms with E-state index in [9.17, 15) is 18.7 Å². The lowest BCUT2D eigenvalue weighted by atomic mass is 10.1. The van der Waals surface area contributed by atoms with Crippen LogP contribution in [0, 0.1) is 18.6 Å². The molecule has 0 amide bonds. The second-order valence-corrected chi connectivity index (χ2v) is 8.73. The van der Waals surface area contributed by atoms with E-state index in [1.807, 2.05) is 0 Å². The average molecular weight is 533 g/mol. The van der Waals surface area contributed by atoms with Gasteiger partial charge in [0.1, 0.15) is 0 Å². The Morgan fingerprint density at radius 2 is 1.32 bits per heavy atom. The minimum absolute atomic E-state index is 0.175. The third-order valence-electron chi connectivity index (χ3n) is 5.77. The highest BCUT2D eigenvalue weighted by Gasteiger charge is 2.28. The van der Waals surface area contributed by atoms with Crippen molar-refractivity contribution in [1.82, 2.24) is 0 Å². The number of hydrogen-bond donors (Lipinski definition) is 1. The Morgan fingerprint density at radius 1 is 0.737 bits per heavy atom. The number of phenolic OH excluding ortho intramolecular Hbond substituents is 1. The molecule has 0 saturated heterocycles. The molecule has 0 aliphatic heterocycles. The molecular formula is C30H19ClF2O5. The molecule has 0 fully saturated rings. The van der Waals surface area contributed by atoms with E-state index in [-0.39, 0.29) is 50.1 Å². The van der Waals surface area contributed by atoms with Crippen LogP contribution in [0.3, 0.4) is 0 Å². The van der Waals surface area contributed by atoms with Crippen molar-refractivity contribution in [2.45, 2.75) is 6.92 Å². The van der Waals surface area contributed by atoms with Gasteiger partial charge in [-0.15, -0.1) is 0 Å². The zero-order chi connectivity index (χ0) is 26.8. The number of para-hydroxylation sites is 2. The molecule has 0 atom stereocenters. The second-order valence-electron chi connectivity index (χ2n) is 8.30. The molecule has 0 saturated carbocycles. The van der Waals surface area contributed by atoms with Gasteiger partial charge in [-0.05, 0) is 61.0 Å². The number of carbonyl (C=O) groups excluding carboxylic acids is 1. The fourth-order valence-corrected chi connectivity index (χ4v) is 4.05. The van der Waals surface area contributed by atoms with Gasteiger partial charge in [0.2, 0.25) is 11.5 Å². The van der Waals surface area contributed by atoms with Gasteiger partial charge in [-0.3, -0.25) is 0 Å². The quantitative estimate of drug-likeness (QED) is 0.175. The Morgan fingerprint density at radius 3 is 1.95 bits per heavy atom. The first-order valence-electron chi connectivity index (χ1n) is 11.4. The summed E-state index contributed by atoms with van der Waals surface area (Å²) in [7, 11) is 0. The molecule has 5 aromatic rings. The van der Waals surface area contributed by atoms with E-state index in [1.165, 1.54) is 66.7 Å². The number of hydrogen-bond acceptors (Lipinski definition) is 5. The number of aryl methyl sites for hydroxylation is 1. The molecule has 8 heteroatoms. The van der Waals surface area contributed by atoms with Gasteiger partial charge >= 0.3 is 5.97 Å². The zero-order valence-electron chi connectivity index (χ0n) is 19.9. The molecular weight excluding hydrogens is 514 g/mol. The molecule has 0 radical (unpaired) electrons. The van der Waals surface area contributed by atoms with Crippen LogP contribution in [-0.2, 0) is 0 Å². The average Bonchev–Trinajstić information content (AvgIpc) is 2.90. The van der Waals surface area contributed by atoms with Crippen molar-refractivity contribution in [2.24, 2.45) is 0 Å². The number of esters is 1. The van der Waals surface area contributed by atoms with E-state index in [1.54, 1.807) is 31.2 Å². The fraction of sp³-hybridized carbons (Fsp3) is 0.0333. The van der Waals surface area contributed by atoms with Crippen LogP contribution in [0.4, 0.5) is 8.78 Å². The standard InChI is InChI=1S/C30H19ClF2O5/c1-17-8-2-3-9-19(17)30(35)38-27-21-16-18(31)14-15-20(21)26(34)28(36-24-12-6-4-10-22(24)32)29(27)37-25-13-7-5-11-23(25)33/h2-16,34H,1H3. The van der Waals surface area contributed by atoms with E-state index in [2.05, 4.69) is 0 Å². The highest BCUT2D eigenvalue weighted by Crippen LogP contribution is 2.54. The van der Waals surface area contributed by atoms with Crippen molar-refractivity contribution in [2.75, 3.05) is 0 Å². The molecule has 0 unspecified atom stereocenters. The molecule has 5 nitrogen and oxygen atoms in total. The van der Waals surface area contributed by atoms with E-state index < -0.39 is 23.4 Å². The Kier molecular flexibility index (Phi) is 6.85. The molecule has 0 aromatic heterocycles. The molecule has 5 rings (SSSR count). The summed E-state index contributed by atoms with van der Waals surface area (Å²) in [6, 6.07) is 22.3. The van der Waals surface area contributed by atoms with E-state index in [0.717, 1.165) is 0 Å². The van der Waals surface area contributed by atoms with Crippen LogP contribution in [0.25, 0.3) is 10.8 Å². The Hall–Kier alpha value is -4.62. The number of benzene rings is 5. The maximum absolute atomic E-state index is 14.7. The lowest BCUT2D eigenvalue weighted by Gasteiger charge is -2.20. The van der Waals surface area contributed by atoms with Crippen molar-refractivity contribution in [3.05, 3.63) is 119 Å². The number of rotatable bonds is 6. The maximum atomic E-state index is 14.7. The highest BCUT2D eigenvalue weighted by molar-refractivity contribution is 6.31. The summed E-state index contributed by atoms with van der Waals surface area (Å²) in [4.78, 5) is 13.3. The van der Waals surface area contributed by atoms with Crippen LogP contribution < -0.4 is 14.2 Å². The number of ether oxygens (including phenoxy) is 3. The van der Waals surface area contributed by atoms with Crippen LogP contribution in [-0.4, -0.2) is 11.1 Å². The van der Waals surface area contributed by atoms with Crippen molar-refractivity contribution < 1.29 is 32.9 Å². The first-order valence-corrected chi connectivity index (χ1v) is 11.8. The molecule has 1 N–H and O–H groups in total. The smallest absolute Gasteiger partial charge is 0.343 e. The van der Waals surface area contributed by atoms with Crippen molar-refractivity contribution >= 4 is 28.3 Å². The minimum Gasteiger partial charge on any atom is -0.504 e. The van der Waals surface area contributed by atoms with Crippen LogP contribution >= 0.6 is 11.6 Å². The third-order valence-corrected chi connectivity index (χ3v) is 6.00. The molecule has 0 bridgehead atoms. The van der Waals surface area contributed by atoms with Gasteiger partial charge in [0, 0.05) is 15.8 Å². The van der Waals surface area contributed by atoms with Crippen LogP contribution in [0.15, 0.2) is 91.0 Å². The number of fused-ring (bicyclic) bond motifs is 1. The predicted octanol–water partition coefficient (Wildman–Crippen LogP) is 8.59. The fourth-order valence-electron chi connectivity index (χ4n) is 3.88. The molecule has 0 aliphatic carbocycles. The predicted molar refractivity (Wildman–Crippen MR) is 140 cm³/mol. The summed E-state index contributed by atoms with van der Waals surface area (Å²) in [6.45, 7) is 1.74. The van der Waals surface area contributed by atoms with Crippen molar-refractivity contribution in [1.29, 1.82) is 0 Å². The minimum atomic E-state index is -0.745. The van der Waals surface area contributed by atoms with Crippen LogP contribution in [0.2, 0.25) is 5.02 Å². The maximum Gasteiger partial charge on any atom is 0.343 e. The third kappa shape index (κ3) is 4.84. The van der Waals surface area contributed by atoms with E-state index in [4.69, 9.17) is 25.8 Å². The van der Waals surface area contributed by atoms with Crippen molar-refractivity contribution in [3.63, 3.8) is 0 Å². The number of aromatic hydroxyl groups is 1.